The first kappa shape index (κ1) is 28.7. The molecule has 0 aliphatic heterocycles. The summed E-state index contributed by atoms with van der Waals surface area (Å²) in [6.45, 7) is 11.0. The van der Waals surface area contributed by atoms with Gasteiger partial charge < -0.3 is 0 Å². The lowest BCUT2D eigenvalue weighted by molar-refractivity contribution is 0.410. The molecule has 0 aliphatic rings. The molecule has 29 heavy (non-hydrogen) atoms. The van der Waals surface area contributed by atoms with Crippen LogP contribution in [0.3, 0.4) is 0 Å². The first-order chi connectivity index (χ1) is 14.2. The Labute approximate surface area is 186 Å². The van der Waals surface area contributed by atoms with Gasteiger partial charge in [-0.25, -0.2) is 0 Å². The normalized spacial score (nSPS) is 13.5. The van der Waals surface area contributed by atoms with Gasteiger partial charge in [0.1, 0.15) is 0 Å². The summed E-state index contributed by atoms with van der Waals surface area (Å²) >= 11 is 0. The van der Waals surface area contributed by atoms with Gasteiger partial charge in [-0.3, -0.25) is 0 Å². The number of hydrogen-bond acceptors (Lipinski definition) is 0. The van der Waals surface area contributed by atoms with E-state index in [1.54, 1.807) is 0 Å². The highest BCUT2D eigenvalue weighted by atomic mass is 14.1. The minimum absolute atomic E-state index is 0.833. The predicted molar refractivity (Wildman–Crippen MR) is 136 cm³/mol. The van der Waals surface area contributed by atoms with Crippen LogP contribution >= 0.6 is 0 Å². The molecule has 0 saturated heterocycles. The van der Waals surface area contributed by atoms with Gasteiger partial charge in [-0.05, 0) is 18.3 Å². The fourth-order valence-electron chi connectivity index (χ4n) is 4.58. The predicted octanol–water partition coefficient (Wildman–Crippen LogP) is 11.0. The quantitative estimate of drug-likeness (QED) is 0.110. The van der Waals surface area contributed by atoms with Crippen LogP contribution in [0.4, 0.5) is 0 Å². The largest absolute Gasteiger partial charge is 0.103 e. The van der Waals surface area contributed by atoms with E-state index in [1.165, 1.54) is 141 Å². The van der Waals surface area contributed by atoms with Crippen molar-refractivity contribution in [3.63, 3.8) is 0 Å². The van der Waals surface area contributed by atoms with Crippen molar-refractivity contribution >= 4 is 0 Å². The fraction of sp³-hybridized carbons (Fsp3) is 0.931. The maximum Gasteiger partial charge on any atom is -0.0328 e. The van der Waals surface area contributed by atoms with Gasteiger partial charge in [-0.2, -0.15) is 0 Å². The van der Waals surface area contributed by atoms with E-state index in [-0.39, 0.29) is 0 Å². The molecule has 0 rings (SSSR count). The molecule has 2 atom stereocenters. The van der Waals surface area contributed by atoms with Gasteiger partial charge in [-0.15, -0.1) is 6.58 Å². The topological polar surface area (TPSA) is 0 Å². The van der Waals surface area contributed by atoms with Crippen LogP contribution in [0.2, 0.25) is 0 Å². The molecule has 0 saturated carbocycles. The SMILES string of the molecule is C=CCC(C)CCCC(C)CCCCCCCCCCCCCCCCCCC. The zero-order valence-corrected chi connectivity index (χ0v) is 21.0. The van der Waals surface area contributed by atoms with E-state index < -0.39 is 0 Å². The summed E-state index contributed by atoms with van der Waals surface area (Å²) in [5.74, 6) is 1.77. The summed E-state index contributed by atoms with van der Waals surface area (Å²) in [5.41, 5.74) is 0. The molecule has 0 fully saturated rings. The van der Waals surface area contributed by atoms with Gasteiger partial charge in [0.05, 0.1) is 0 Å². The molecule has 0 nitrogen and oxygen atoms in total. The Morgan fingerprint density at radius 3 is 1.24 bits per heavy atom. The van der Waals surface area contributed by atoms with Crippen LogP contribution in [0.5, 0.6) is 0 Å². The highest BCUT2D eigenvalue weighted by molar-refractivity contribution is 4.70. The number of unbranched alkanes of at least 4 members (excludes halogenated alkanes) is 16. The fourth-order valence-corrected chi connectivity index (χ4v) is 4.58. The minimum Gasteiger partial charge on any atom is -0.103 e. The van der Waals surface area contributed by atoms with E-state index in [0.717, 1.165) is 11.8 Å². The lowest BCUT2D eigenvalue weighted by atomic mass is 9.93. The van der Waals surface area contributed by atoms with Gasteiger partial charge in [0.25, 0.3) is 0 Å². The molecule has 2 unspecified atom stereocenters. The third-order valence-corrected chi connectivity index (χ3v) is 6.76. The zero-order chi connectivity index (χ0) is 21.4. The molecule has 0 heterocycles. The molecule has 0 aromatic rings. The monoisotopic (exact) mass is 406 g/mol. The van der Waals surface area contributed by atoms with E-state index in [2.05, 4.69) is 33.4 Å². The molecular formula is C29H58. The van der Waals surface area contributed by atoms with E-state index in [4.69, 9.17) is 0 Å². The molecule has 0 heteroatoms. The van der Waals surface area contributed by atoms with Crippen molar-refractivity contribution in [1.29, 1.82) is 0 Å². The van der Waals surface area contributed by atoms with Crippen molar-refractivity contribution in [2.24, 2.45) is 11.8 Å². The Balaban J connectivity index is 3.15. The second-order valence-electron chi connectivity index (χ2n) is 10.1. The first-order valence-electron chi connectivity index (χ1n) is 13.8. The van der Waals surface area contributed by atoms with Crippen molar-refractivity contribution < 1.29 is 0 Å². The molecule has 0 amide bonds. The third kappa shape index (κ3) is 23.9. The Bertz CT molecular complexity index is 305. The molecule has 0 bridgehead atoms. The summed E-state index contributed by atoms with van der Waals surface area (Å²) in [6.07, 6.45) is 33.9. The Morgan fingerprint density at radius 2 is 0.828 bits per heavy atom. The molecule has 0 aromatic heterocycles. The Kier molecular flexibility index (Phi) is 23.8. The van der Waals surface area contributed by atoms with Crippen LogP contribution < -0.4 is 0 Å². The van der Waals surface area contributed by atoms with Crippen molar-refractivity contribution in [3.8, 4) is 0 Å². The molecule has 0 aromatic carbocycles. The molecule has 0 aliphatic carbocycles. The maximum atomic E-state index is 3.85. The van der Waals surface area contributed by atoms with E-state index in [1.807, 2.05) is 0 Å². The van der Waals surface area contributed by atoms with Crippen molar-refractivity contribution in [2.45, 2.75) is 162 Å². The van der Waals surface area contributed by atoms with Crippen LogP contribution in [0.1, 0.15) is 162 Å². The Hall–Kier alpha value is -0.260. The molecule has 0 spiro atoms. The van der Waals surface area contributed by atoms with Gasteiger partial charge in [0.2, 0.25) is 0 Å². The number of allylic oxidation sites excluding steroid dienone is 1. The Morgan fingerprint density at radius 1 is 0.483 bits per heavy atom. The van der Waals surface area contributed by atoms with Crippen molar-refractivity contribution in [3.05, 3.63) is 12.7 Å². The highest BCUT2D eigenvalue weighted by Crippen LogP contribution is 2.20. The van der Waals surface area contributed by atoms with Crippen LogP contribution in [0, 0.1) is 11.8 Å². The number of rotatable bonds is 24. The second kappa shape index (κ2) is 24.0. The van der Waals surface area contributed by atoms with Gasteiger partial charge in [0.15, 0.2) is 0 Å². The number of hydrogen-bond donors (Lipinski definition) is 0. The standard InChI is InChI=1S/C29H58/c1-5-7-8-9-10-11-12-13-14-15-16-17-18-19-20-21-22-25-29(4)27-23-26-28(3)24-6-2/h6,28-29H,2,5,7-27H2,1,3-4H3. The summed E-state index contributed by atoms with van der Waals surface area (Å²) in [6, 6.07) is 0. The lowest BCUT2D eigenvalue weighted by Gasteiger charge is -2.13. The molecule has 174 valence electrons. The van der Waals surface area contributed by atoms with Crippen LogP contribution in [0.15, 0.2) is 12.7 Å². The maximum absolute atomic E-state index is 3.85. The smallest absolute Gasteiger partial charge is 0.0328 e. The van der Waals surface area contributed by atoms with Gasteiger partial charge in [-0.1, -0.05) is 162 Å². The van der Waals surface area contributed by atoms with E-state index >= 15 is 0 Å². The molecule has 0 N–H and O–H groups in total. The van der Waals surface area contributed by atoms with E-state index in [9.17, 15) is 0 Å². The summed E-state index contributed by atoms with van der Waals surface area (Å²) in [5, 5.41) is 0. The third-order valence-electron chi connectivity index (χ3n) is 6.76. The van der Waals surface area contributed by atoms with Crippen molar-refractivity contribution in [2.75, 3.05) is 0 Å². The summed E-state index contributed by atoms with van der Waals surface area (Å²) < 4.78 is 0. The lowest BCUT2D eigenvalue weighted by Crippen LogP contribution is -1.98. The summed E-state index contributed by atoms with van der Waals surface area (Å²) in [7, 11) is 0. The molecular weight excluding hydrogens is 348 g/mol. The minimum atomic E-state index is 0.833. The average molecular weight is 407 g/mol. The summed E-state index contributed by atoms with van der Waals surface area (Å²) in [4.78, 5) is 0. The molecule has 0 radical (unpaired) electrons. The van der Waals surface area contributed by atoms with Crippen LogP contribution in [0.25, 0.3) is 0 Å². The van der Waals surface area contributed by atoms with Crippen molar-refractivity contribution in [1.82, 2.24) is 0 Å². The average Bonchev–Trinajstić information content (AvgIpc) is 2.70. The first-order valence-corrected chi connectivity index (χ1v) is 13.8. The van der Waals surface area contributed by atoms with Gasteiger partial charge >= 0.3 is 0 Å². The van der Waals surface area contributed by atoms with Gasteiger partial charge in [0, 0.05) is 0 Å². The zero-order valence-electron chi connectivity index (χ0n) is 21.0. The van der Waals surface area contributed by atoms with E-state index in [0.29, 0.717) is 0 Å². The second-order valence-corrected chi connectivity index (χ2v) is 10.1. The van der Waals surface area contributed by atoms with Crippen LogP contribution in [-0.4, -0.2) is 0 Å². The van der Waals surface area contributed by atoms with Crippen LogP contribution in [-0.2, 0) is 0 Å². The highest BCUT2D eigenvalue weighted by Gasteiger charge is 2.04.